The van der Waals surface area contributed by atoms with E-state index >= 15 is 0 Å². The molecule has 5 nitrogen and oxygen atoms in total. The molecule has 1 aliphatic rings. The number of sulfone groups is 1. The smallest absolute Gasteiger partial charge is 0.238 e. The maximum Gasteiger partial charge on any atom is 0.238 e. The Morgan fingerprint density at radius 3 is 2.24 bits per heavy atom. The highest BCUT2D eigenvalue weighted by atomic mass is 32.2. The minimum atomic E-state index is -3.46. The summed E-state index contributed by atoms with van der Waals surface area (Å²) in [5.41, 5.74) is 5.95. The maximum atomic E-state index is 13.1. The number of unbranched alkanes of at least 4 members (excludes halogenated alkanes) is 7. The highest BCUT2D eigenvalue weighted by Gasteiger charge is 2.45. The molecule has 0 aliphatic carbocycles. The van der Waals surface area contributed by atoms with Crippen LogP contribution in [0.1, 0.15) is 91.4 Å². The average Bonchev–Trinajstić information content (AvgIpc) is 2.72. The molecule has 25 heavy (non-hydrogen) atoms. The van der Waals surface area contributed by atoms with E-state index in [0.717, 1.165) is 12.8 Å². The van der Waals surface area contributed by atoms with Crippen LogP contribution in [0, 0.1) is 0 Å². The van der Waals surface area contributed by atoms with Crippen LogP contribution < -0.4 is 11.1 Å². The largest absolute Gasteiger partial charge is 0.355 e. The number of rotatable bonds is 11. The van der Waals surface area contributed by atoms with Crippen LogP contribution in [0.4, 0.5) is 0 Å². The molecule has 1 fully saturated rings. The van der Waals surface area contributed by atoms with Crippen molar-refractivity contribution in [1.82, 2.24) is 5.32 Å². The number of carbonyl (C=O) groups excluding carboxylic acids is 1. The van der Waals surface area contributed by atoms with E-state index in [9.17, 15) is 13.2 Å². The molecule has 0 spiro atoms. The normalized spacial score (nSPS) is 22.5. The highest BCUT2D eigenvalue weighted by Crippen LogP contribution is 2.31. The van der Waals surface area contributed by atoms with E-state index in [1.165, 1.54) is 38.5 Å². The molecule has 1 heterocycles. The first-order chi connectivity index (χ1) is 11.7. The Labute approximate surface area is 154 Å². The summed E-state index contributed by atoms with van der Waals surface area (Å²) in [6, 6.07) is -0.953. The third-order valence-corrected chi connectivity index (χ3v) is 8.54. The summed E-state index contributed by atoms with van der Waals surface area (Å²) in [4.78, 5) is 11.9. The molecule has 148 valence electrons. The summed E-state index contributed by atoms with van der Waals surface area (Å²) in [5, 5.41) is 1.94. The first-order valence-electron chi connectivity index (χ1n) is 10.0. The second-order valence-corrected chi connectivity index (χ2v) is 10.8. The molecule has 0 aromatic heterocycles. The van der Waals surface area contributed by atoms with E-state index in [1.807, 2.05) is 0 Å². The lowest BCUT2D eigenvalue weighted by atomic mass is 10.0. The third kappa shape index (κ3) is 6.55. The zero-order chi connectivity index (χ0) is 18.9. The Bertz CT molecular complexity index is 503. The van der Waals surface area contributed by atoms with Gasteiger partial charge in [-0.3, -0.25) is 4.79 Å². The number of nitrogens with two attached hydrogens (primary N) is 1. The number of nitrogens with one attached hydrogen (secondary N) is 1. The molecule has 0 aromatic rings. The Hall–Kier alpha value is -0.620. The fraction of sp³-hybridized carbons (Fsp3) is 0.947. The molecule has 2 atom stereocenters. The fourth-order valence-corrected chi connectivity index (χ4v) is 5.80. The summed E-state index contributed by atoms with van der Waals surface area (Å²) in [6.07, 6.45) is 11.3. The predicted molar refractivity (Wildman–Crippen MR) is 104 cm³/mol. The van der Waals surface area contributed by atoms with E-state index in [4.69, 9.17) is 5.73 Å². The number of carbonyl (C=O) groups is 1. The van der Waals surface area contributed by atoms with Gasteiger partial charge in [-0.15, -0.1) is 0 Å². The van der Waals surface area contributed by atoms with Gasteiger partial charge in [-0.25, -0.2) is 8.42 Å². The van der Waals surface area contributed by atoms with Gasteiger partial charge in [0.05, 0.1) is 10.00 Å². The van der Waals surface area contributed by atoms with E-state index in [1.54, 1.807) is 13.8 Å². The SMILES string of the molecule is CCCCCCCCCCC(C)(C)S(=O)(=O)C1CCCNC(=O)[C@@H]1N. The van der Waals surface area contributed by atoms with Crippen LogP contribution in [0.3, 0.4) is 0 Å². The van der Waals surface area contributed by atoms with Crippen LogP contribution in [0.5, 0.6) is 0 Å². The molecule has 1 amide bonds. The summed E-state index contributed by atoms with van der Waals surface area (Å²) < 4.78 is 25.4. The van der Waals surface area contributed by atoms with E-state index in [-0.39, 0.29) is 5.91 Å². The predicted octanol–water partition coefficient (Wildman–Crippen LogP) is 3.32. The van der Waals surface area contributed by atoms with Crippen molar-refractivity contribution in [1.29, 1.82) is 0 Å². The van der Waals surface area contributed by atoms with Gasteiger partial charge in [0.1, 0.15) is 6.04 Å². The number of hydrogen-bond donors (Lipinski definition) is 2. The molecule has 0 radical (unpaired) electrons. The van der Waals surface area contributed by atoms with Crippen LogP contribution in [-0.4, -0.2) is 36.9 Å². The molecular formula is C19H38N2O3S. The van der Waals surface area contributed by atoms with Crippen molar-refractivity contribution in [2.24, 2.45) is 5.73 Å². The van der Waals surface area contributed by atoms with Gasteiger partial charge in [-0.2, -0.15) is 0 Å². The molecule has 6 heteroatoms. The summed E-state index contributed by atoms with van der Waals surface area (Å²) in [7, 11) is -3.46. The fourth-order valence-electron chi connectivity index (χ4n) is 3.57. The van der Waals surface area contributed by atoms with Gasteiger partial charge in [-0.05, 0) is 33.1 Å². The van der Waals surface area contributed by atoms with Gasteiger partial charge >= 0.3 is 0 Å². The van der Waals surface area contributed by atoms with Crippen LogP contribution in [0.25, 0.3) is 0 Å². The topological polar surface area (TPSA) is 89.3 Å². The molecule has 0 bridgehead atoms. The van der Waals surface area contributed by atoms with Gasteiger partial charge in [0.25, 0.3) is 0 Å². The zero-order valence-corrected chi connectivity index (χ0v) is 17.2. The Morgan fingerprint density at radius 1 is 1.08 bits per heavy atom. The molecular weight excluding hydrogens is 336 g/mol. The van der Waals surface area contributed by atoms with Crippen molar-refractivity contribution in [3.05, 3.63) is 0 Å². The molecule has 1 unspecified atom stereocenters. The summed E-state index contributed by atoms with van der Waals surface area (Å²) >= 11 is 0. The molecule has 3 N–H and O–H groups in total. The summed E-state index contributed by atoms with van der Waals surface area (Å²) in [5.74, 6) is -0.339. The van der Waals surface area contributed by atoms with Crippen LogP contribution in [0.15, 0.2) is 0 Å². The van der Waals surface area contributed by atoms with Crippen molar-refractivity contribution in [2.75, 3.05) is 6.54 Å². The zero-order valence-electron chi connectivity index (χ0n) is 16.4. The second kappa shape index (κ2) is 10.5. The molecule has 0 saturated carbocycles. The number of hydrogen-bond acceptors (Lipinski definition) is 4. The lowest BCUT2D eigenvalue weighted by Gasteiger charge is -2.31. The first-order valence-corrected chi connectivity index (χ1v) is 11.6. The lowest BCUT2D eigenvalue weighted by molar-refractivity contribution is -0.121. The van der Waals surface area contributed by atoms with Crippen molar-refractivity contribution < 1.29 is 13.2 Å². The van der Waals surface area contributed by atoms with Crippen molar-refractivity contribution in [3.8, 4) is 0 Å². The number of amides is 1. The van der Waals surface area contributed by atoms with Crippen LogP contribution in [-0.2, 0) is 14.6 Å². The van der Waals surface area contributed by atoms with Crippen molar-refractivity contribution >= 4 is 15.7 Å². The van der Waals surface area contributed by atoms with Crippen molar-refractivity contribution in [2.45, 2.75) is 107 Å². The van der Waals surface area contributed by atoms with Gasteiger partial charge in [0.15, 0.2) is 9.84 Å². The molecule has 1 rings (SSSR count). The van der Waals surface area contributed by atoms with Gasteiger partial charge in [0.2, 0.25) is 5.91 Å². The second-order valence-electron chi connectivity index (χ2n) is 8.03. The Morgan fingerprint density at radius 2 is 1.64 bits per heavy atom. The highest BCUT2D eigenvalue weighted by molar-refractivity contribution is 7.93. The van der Waals surface area contributed by atoms with Gasteiger partial charge in [0, 0.05) is 6.54 Å². The Kier molecular flexibility index (Phi) is 9.43. The van der Waals surface area contributed by atoms with E-state index in [0.29, 0.717) is 25.8 Å². The van der Waals surface area contributed by atoms with Crippen molar-refractivity contribution in [3.63, 3.8) is 0 Å². The van der Waals surface area contributed by atoms with Crippen LogP contribution in [0.2, 0.25) is 0 Å². The van der Waals surface area contributed by atoms with Gasteiger partial charge in [-0.1, -0.05) is 58.3 Å². The molecule has 1 saturated heterocycles. The minimum Gasteiger partial charge on any atom is -0.355 e. The molecule has 0 aromatic carbocycles. The monoisotopic (exact) mass is 374 g/mol. The summed E-state index contributed by atoms with van der Waals surface area (Å²) in [6.45, 7) is 6.31. The van der Waals surface area contributed by atoms with E-state index < -0.39 is 25.9 Å². The lowest BCUT2D eigenvalue weighted by Crippen LogP contribution is -2.53. The third-order valence-electron chi connectivity index (χ3n) is 5.47. The minimum absolute atomic E-state index is 0.339. The van der Waals surface area contributed by atoms with Gasteiger partial charge < -0.3 is 11.1 Å². The molecule has 1 aliphatic heterocycles. The Balaban J connectivity index is 2.50. The standard InChI is InChI=1S/C19H38N2O3S/c1-4-5-6-7-8-9-10-11-14-19(2,3)25(23,24)16-13-12-15-21-18(22)17(16)20/h16-17H,4-15,20H2,1-3H3,(H,21,22)/t16?,17-/m1/s1. The van der Waals surface area contributed by atoms with E-state index in [2.05, 4.69) is 12.2 Å². The first kappa shape index (κ1) is 22.4. The maximum absolute atomic E-state index is 13.1. The quantitative estimate of drug-likeness (QED) is 0.543. The average molecular weight is 375 g/mol. The van der Waals surface area contributed by atoms with Crippen LogP contribution >= 0.6 is 0 Å².